The maximum Gasteiger partial charge on any atom is 0.410 e. The maximum absolute atomic E-state index is 11.8. The van der Waals surface area contributed by atoms with Crippen molar-refractivity contribution in [2.45, 2.75) is 46.1 Å². The summed E-state index contributed by atoms with van der Waals surface area (Å²) >= 11 is 0. The van der Waals surface area contributed by atoms with Crippen LogP contribution in [0.25, 0.3) is 0 Å². The quantitative estimate of drug-likeness (QED) is 0.808. The van der Waals surface area contributed by atoms with Gasteiger partial charge >= 0.3 is 6.09 Å². The summed E-state index contributed by atoms with van der Waals surface area (Å²) in [5.74, 6) is 1.20. The lowest BCUT2D eigenvalue weighted by molar-refractivity contribution is 0.0164. The van der Waals surface area contributed by atoms with E-state index < -0.39 is 5.60 Å². The molecule has 0 bridgehead atoms. The Morgan fingerprint density at radius 3 is 2.35 bits per heavy atom. The van der Waals surface area contributed by atoms with Gasteiger partial charge in [-0.3, -0.25) is 0 Å². The number of hydrogen-bond acceptors (Lipinski definition) is 3. The first-order chi connectivity index (χ1) is 7.83. The molecule has 0 spiro atoms. The van der Waals surface area contributed by atoms with Crippen molar-refractivity contribution in [3.05, 3.63) is 0 Å². The molecule has 0 saturated carbocycles. The molecule has 0 aliphatic carbocycles. The van der Waals surface area contributed by atoms with Gasteiger partial charge in [0.25, 0.3) is 0 Å². The Kier molecular flexibility index (Phi) is 4.80. The Hall–Kier alpha value is -0.770. The molecule has 1 fully saturated rings. The number of carbonyl (C=O) groups excluding carboxylic acids is 1. The summed E-state index contributed by atoms with van der Waals surface area (Å²) in [6.07, 6.45) is 1.89. The van der Waals surface area contributed by atoms with Crippen LogP contribution in [0.1, 0.15) is 40.5 Å². The predicted octanol–water partition coefficient (Wildman–Crippen LogP) is 2.23. The minimum absolute atomic E-state index is 0.184. The topological polar surface area (TPSA) is 55.6 Å². The average Bonchev–Trinajstić information content (AvgIpc) is 2.26. The number of ether oxygens (including phenoxy) is 1. The highest BCUT2D eigenvalue weighted by atomic mass is 16.6. The molecule has 4 heteroatoms. The number of hydrogen-bond donors (Lipinski definition) is 1. The molecule has 100 valence electrons. The zero-order chi connectivity index (χ0) is 13.1. The first-order valence-electron chi connectivity index (χ1n) is 6.51. The van der Waals surface area contributed by atoms with Crippen molar-refractivity contribution >= 4 is 6.09 Å². The van der Waals surface area contributed by atoms with Gasteiger partial charge in [0.1, 0.15) is 5.60 Å². The molecule has 1 heterocycles. The van der Waals surface area contributed by atoms with Crippen molar-refractivity contribution in [1.82, 2.24) is 4.90 Å². The van der Waals surface area contributed by atoms with E-state index >= 15 is 0 Å². The van der Waals surface area contributed by atoms with Crippen molar-refractivity contribution in [2.24, 2.45) is 17.6 Å². The van der Waals surface area contributed by atoms with Gasteiger partial charge in [-0.25, -0.2) is 4.79 Å². The van der Waals surface area contributed by atoms with Gasteiger partial charge in [0.05, 0.1) is 0 Å². The molecular formula is C13H26N2O2. The third-order valence-corrected chi connectivity index (χ3v) is 3.37. The second-order valence-corrected chi connectivity index (χ2v) is 6.02. The van der Waals surface area contributed by atoms with Crippen molar-refractivity contribution in [1.29, 1.82) is 0 Å². The van der Waals surface area contributed by atoms with Gasteiger partial charge in [0.2, 0.25) is 0 Å². The fourth-order valence-corrected chi connectivity index (χ4v) is 2.17. The van der Waals surface area contributed by atoms with Crippen molar-refractivity contribution in [3.63, 3.8) is 0 Å². The van der Waals surface area contributed by atoms with E-state index in [1.54, 1.807) is 0 Å². The molecule has 17 heavy (non-hydrogen) atoms. The van der Waals surface area contributed by atoms with E-state index in [9.17, 15) is 4.79 Å². The second kappa shape index (κ2) is 5.71. The van der Waals surface area contributed by atoms with Crippen molar-refractivity contribution in [3.8, 4) is 0 Å². The van der Waals surface area contributed by atoms with E-state index in [0.717, 1.165) is 32.5 Å². The molecule has 1 aliphatic heterocycles. The van der Waals surface area contributed by atoms with E-state index in [-0.39, 0.29) is 6.09 Å². The fourth-order valence-electron chi connectivity index (χ4n) is 2.17. The lowest BCUT2D eigenvalue weighted by Gasteiger charge is -2.35. The summed E-state index contributed by atoms with van der Waals surface area (Å²) in [4.78, 5) is 13.6. The summed E-state index contributed by atoms with van der Waals surface area (Å²) in [5.41, 5.74) is 5.27. The molecule has 1 aliphatic rings. The van der Waals surface area contributed by atoms with E-state index in [1.807, 2.05) is 25.7 Å². The van der Waals surface area contributed by atoms with Gasteiger partial charge in [-0.1, -0.05) is 6.92 Å². The smallest absolute Gasteiger partial charge is 0.410 e. The van der Waals surface area contributed by atoms with Crippen LogP contribution in [0, 0.1) is 11.8 Å². The third kappa shape index (κ3) is 4.54. The average molecular weight is 242 g/mol. The van der Waals surface area contributed by atoms with Gasteiger partial charge in [-0.15, -0.1) is 0 Å². The van der Waals surface area contributed by atoms with Crippen LogP contribution >= 0.6 is 0 Å². The summed E-state index contributed by atoms with van der Waals surface area (Å²) in [6, 6.07) is 0. The van der Waals surface area contributed by atoms with Crippen LogP contribution in [0.15, 0.2) is 0 Å². The summed E-state index contributed by atoms with van der Waals surface area (Å²) in [6.45, 7) is 10.2. The number of rotatable bonds is 2. The number of likely N-dealkylation sites (tertiary alicyclic amines) is 1. The van der Waals surface area contributed by atoms with Crippen LogP contribution in [-0.2, 0) is 4.74 Å². The Morgan fingerprint density at radius 1 is 1.41 bits per heavy atom. The SMILES string of the molecule is C[C@@H](CN)C1CCN(C(=O)OC(C)(C)C)CC1. The molecule has 0 aromatic carbocycles. The van der Waals surface area contributed by atoms with Crippen molar-refractivity contribution < 1.29 is 9.53 Å². The zero-order valence-corrected chi connectivity index (χ0v) is 11.5. The molecule has 1 amide bonds. The molecule has 1 saturated heterocycles. The second-order valence-electron chi connectivity index (χ2n) is 6.02. The largest absolute Gasteiger partial charge is 0.444 e. The predicted molar refractivity (Wildman–Crippen MR) is 68.7 cm³/mol. The zero-order valence-electron chi connectivity index (χ0n) is 11.5. The molecule has 1 rings (SSSR count). The van der Waals surface area contributed by atoms with E-state index in [2.05, 4.69) is 6.92 Å². The van der Waals surface area contributed by atoms with Gasteiger partial charge < -0.3 is 15.4 Å². The van der Waals surface area contributed by atoms with E-state index in [4.69, 9.17) is 10.5 Å². The van der Waals surface area contributed by atoms with Crippen LogP contribution < -0.4 is 5.73 Å². The van der Waals surface area contributed by atoms with Gasteiger partial charge in [0, 0.05) is 13.1 Å². The standard InChI is InChI=1S/C13H26N2O2/c1-10(9-14)11-5-7-15(8-6-11)12(16)17-13(2,3)4/h10-11H,5-9,14H2,1-4H3/t10-/m0/s1. The van der Waals surface area contributed by atoms with Gasteiger partial charge in [0.15, 0.2) is 0 Å². The molecule has 0 radical (unpaired) electrons. The number of nitrogens with two attached hydrogens (primary N) is 1. The van der Waals surface area contributed by atoms with Crippen LogP contribution in [0.2, 0.25) is 0 Å². The van der Waals surface area contributed by atoms with Gasteiger partial charge in [-0.2, -0.15) is 0 Å². The van der Waals surface area contributed by atoms with Gasteiger partial charge in [-0.05, 0) is 52.0 Å². The maximum atomic E-state index is 11.8. The van der Waals surface area contributed by atoms with Crippen LogP contribution in [0.5, 0.6) is 0 Å². The minimum atomic E-state index is -0.404. The van der Waals surface area contributed by atoms with E-state index in [0.29, 0.717) is 11.8 Å². The number of amides is 1. The third-order valence-electron chi connectivity index (χ3n) is 3.37. The Labute approximate surface area is 104 Å². The molecule has 0 unspecified atom stereocenters. The summed E-state index contributed by atoms with van der Waals surface area (Å²) in [7, 11) is 0. The van der Waals surface area contributed by atoms with Crippen molar-refractivity contribution in [2.75, 3.05) is 19.6 Å². The Bertz CT molecular complexity index is 253. The van der Waals surface area contributed by atoms with E-state index in [1.165, 1.54) is 0 Å². The number of nitrogens with zero attached hydrogens (tertiary/aromatic N) is 1. The molecule has 0 aromatic rings. The summed E-state index contributed by atoms with van der Waals surface area (Å²) < 4.78 is 5.36. The molecule has 2 N–H and O–H groups in total. The first kappa shape index (κ1) is 14.3. The lowest BCUT2D eigenvalue weighted by Crippen LogP contribution is -2.43. The fraction of sp³-hybridized carbons (Fsp3) is 0.923. The first-order valence-corrected chi connectivity index (χ1v) is 6.51. The monoisotopic (exact) mass is 242 g/mol. The highest BCUT2D eigenvalue weighted by Gasteiger charge is 2.28. The highest BCUT2D eigenvalue weighted by molar-refractivity contribution is 5.68. The lowest BCUT2D eigenvalue weighted by atomic mass is 9.86. The van der Waals surface area contributed by atoms with Crippen LogP contribution in [0.4, 0.5) is 4.79 Å². The molecule has 0 aromatic heterocycles. The Balaban J connectivity index is 2.39. The van der Waals surface area contributed by atoms with Crippen LogP contribution in [-0.4, -0.2) is 36.2 Å². The number of carbonyl (C=O) groups is 1. The molecule has 4 nitrogen and oxygen atoms in total. The Morgan fingerprint density at radius 2 is 1.94 bits per heavy atom. The van der Waals surface area contributed by atoms with Crippen LogP contribution in [0.3, 0.4) is 0 Å². The summed E-state index contributed by atoms with van der Waals surface area (Å²) in [5, 5.41) is 0. The number of piperidine rings is 1. The minimum Gasteiger partial charge on any atom is -0.444 e. The normalized spacial score (nSPS) is 20.2. The molecular weight excluding hydrogens is 216 g/mol. The molecule has 1 atom stereocenters. The highest BCUT2D eigenvalue weighted by Crippen LogP contribution is 2.25.